The van der Waals surface area contributed by atoms with Gasteiger partial charge in [-0.05, 0) is 6.42 Å². The molecule has 5 unspecified atom stereocenters. The lowest BCUT2D eigenvalue weighted by atomic mass is 9.89. The lowest BCUT2D eigenvalue weighted by Gasteiger charge is -2.43. The van der Waals surface area contributed by atoms with Crippen molar-refractivity contribution in [3.05, 3.63) is 0 Å². The van der Waals surface area contributed by atoms with Crippen LogP contribution in [0.4, 0.5) is 0 Å². The first-order chi connectivity index (χ1) is 9.76. The molecule has 0 aromatic heterocycles. The summed E-state index contributed by atoms with van der Waals surface area (Å²) in [6.45, 7) is 7.47. The molecule has 0 aromatic carbocycles. The van der Waals surface area contributed by atoms with E-state index < -0.39 is 36.4 Å². The van der Waals surface area contributed by atoms with Crippen molar-refractivity contribution in [1.29, 1.82) is 0 Å². The van der Waals surface area contributed by atoms with Gasteiger partial charge in [-0.1, -0.05) is 13.8 Å². The van der Waals surface area contributed by atoms with Crippen LogP contribution in [0.1, 0.15) is 41.0 Å². The Hall–Kier alpha value is -1.63. The molecule has 0 N–H and O–H groups in total. The second-order valence-electron chi connectivity index (χ2n) is 5.07. The van der Waals surface area contributed by atoms with E-state index in [9.17, 15) is 14.4 Å². The van der Waals surface area contributed by atoms with Gasteiger partial charge in [0.15, 0.2) is 0 Å². The molecule has 7 heteroatoms. The molecule has 0 amide bonds. The van der Waals surface area contributed by atoms with Crippen molar-refractivity contribution < 1.29 is 33.3 Å². The third kappa shape index (κ3) is 4.70. The van der Waals surface area contributed by atoms with Crippen molar-refractivity contribution in [2.45, 2.75) is 65.6 Å². The van der Waals surface area contributed by atoms with Gasteiger partial charge in [0.2, 0.25) is 12.4 Å². The summed E-state index contributed by atoms with van der Waals surface area (Å²) in [6.07, 6.45) is -2.42. The van der Waals surface area contributed by atoms with Gasteiger partial charge in [-0.25, -0.2) is 0 Å². The third-order valence-corrected chi connectivity index (χ3v) is 3.29. The van der Waals surface area contributed by atoms with E-state index in [2.05, 4.69) is 0 Å². The van der Waals surface area contributed by atoms with Gasteiger partial charge in [0.25, 0.3) is 0 Å². The Balaban J connectivity index is 3.05. The number of ether oxygens (including phenoxy) is 4. The molecule has 1 rings (SSSR count). The molecule has 0 aromatic rings. The molecule has 21 heavy (non-hydrogen) atoms. The lowest BCUT2D eigenvalue weighted by Crippen LogP contribution is -2.57. The van der Waals surface area contributed by atoms with Gasteiger partial charge in [0.1, 0.15) is 6.10 Å². The molecule has 1 saturated heterocycles. The zero-order valence-electron chi connectivity index (χ0n) is 13.0. The molecule has 1 fully saturated rings. The van der Waals surface area contributed by atoms with Crippen molar-refractivity contribution >= 4 is 17.9 Å². The van der Waals surface area contributed by atoms with Gasteiger partial charge < -0.3 is 18.9 Å². The molecular weight excluding hydrogens is 280 g/mol. The maximum absolute atomic E-state index is 11.3. The predicted molar refractivity (Wildman–Crippen MR) is 71.0 cm³/mol. The predicted octanol–water partition coefficient (Wildman–Crippen LogP) is 1.18. The molecule has 1 heterocycles. The number of carbonyl (C=O) groups excluding carboxylic acids is 3. The van der Waals surface area contributed by atoms with Crippen LogP contribution in [0, 0.1) is 5.92 Å². The fourth-order valence-electron chi connectivity index (χ4n) is 2.45. The zero-order valence-corrected chi connectivity index (χ0v) is 13.0. The fraction of sp³-hybridized carbons (Fsp3) is 0.786. The molecule has 0 saturated carbocycles. The number of carbonyl (C=O) groups is 3. The van der Waals surface area contributed by atoms with Crippen LogP contribution in [0.3, 0.4) is 0 Å². The molecule has 1 aliphatic heterocycles. The van der Waals surface area contributed by atoms with E-state index in [1.165, 1.54) is 20.8 Å². The second kappa shape index (κ2) is 7.40. The minimum Gasteiger partial charge on any atom is -0.458 e. The van der Waals surface area contributed by atoms with Gasteiger partial charge in [-0.3, -0.25) is 14.4 Å². The molecule has 0 bridgehead atoms. The van der Waals surface area contributed by atoms with E-state index >= 15 is 0 Å². The van der Waals surface area contributed by atoms with Crippen molar-refractivity contribution in [3.63, 3.8) is 0 Å². The molecule has 7 nitrogen and oxygen atoms in total. The molecule has 1 aliphatic rings. The number of rotatable bonds is 4. The van der Waals surface area contributed by atoms with Crippen LogP contribution < -0.4 is 0 Å². The molecule has 0 radical (unpaired) electrons. The van der Waals surface area contributed by atoms with Crippen molar-refractivity contribution in [3.8, 4) is 0 Å². The van der Waals surface area contributed by atoms with Gasteiger partial charge in [0, 0.05) is 26.7 Å². The molecule has 0 aliphatic carbocycles. The molecule has 5 atom stereocenters. The standard InChI is InChI=1S/C14H22O7/c1-6-11-7(2)12(18-8(3)15)13(19-9(4)16)14(21-11)20-10(5)17/h7,11-14H,6H2,1-5H3. The Kier molecular flexibility index (Phi) is 6.14. The topological polar surface area (TPSA) is 88.1 Å². The van der Waals surface area contributed by atoms with E-state index in [1.807, 2.05) is 13.8 Å². The minimum atomic E-state index is -1.09. The maximum atomic E-state index is 11.3. The summed E-state index contributed by atoms with van der Waals surface area (Å²) < 4.78 is 21.2. The highest BCUT2D eigenvalue weighted by Crippen LogP contribution is 2.32. The smallest absolute Gasteiger partial charge is 0.305 e. The van der Waals surface area contributed by atoms with Gasteiger partial charge in [-0.15, -0.1) is 0 Å². The monoisotopic (exact) mass is 302 g/mol. The summed E-state index contributed by atoms with van der Waals surface area (Å²) in [5, 5.41) is 0. The van der Waals surface area contributed by atoms with Crippen LogP contribution in [0.2, 0.25) is 0 Å². The Morgan fingerprint density at radius 3 is 1.81 bits per heavy atom. The van der Waals surface area contributed by atoms with Crippen molar-refractivity contribution in [1.82, 2.24) is 0 Å². The van der Waals surface area contributed by atoms with E-state index in [1.54, 1.807) is 0 Å². The highest BCUT2D eigenvalue weighted by atomic mass is 16.7. The van der Waals surface area contributed by atoms with E-state index in [-0.39, 0.29) is 12.0 Å². The Labute approximate surface area is 123 Å². The normalized spacial score (nSPS) is 32.1. The summed E-state index contributed by atoms with van der Waals surface area (Å²) in [5.41, 5.74) is 0. The highest BCUT2D eigenvalue weighted by molar-refractivity contribution is 5.68. The first-order valence-electron chi connectivity index (χ1n) is 6.93. The minimum absolute atomic E-state index is 0.199. The van der Waals surface area contributed by atoms with Crippen LogP contribution in [-0.2, 0) is 33.3 Å². The van der Waals surface area contributed by atoms with Crippen molar-refractivity contribution in [2.24, 2.45) is 5.92 Å². The number of hydrogen-bond acceptors (Lipinski definition) is 7. The van der Waals surface area contributed by atoms with Gasteiger partial charge in [-0.2, -0.15) is 0 Å². The van der Waals surface area contributed by atoms with Gasteiger partial charge in [0.05, 0.1) is 6.10 Å². The average Bonchev–Trinajstić information content (AvgIpc) is 2.35. The SMILES string of the molecule is CCC1OC(OC(C)=O)C(OC(C)=O)C(OC(C)=O)C1C. The highest BCUT2D eigenvalue weighted by Gasteiger charge is 2.48. The first kappa shape index (κ1) is 17.4. The Bertz CT molecular complexity index is 406. The summed E-state index contributed by atoms with van der Waals surface area (Å²) in [4.78, 5) is 33.8. The largest absolute Gasteiger partial charge is 0.458 e. The van der Waals surface area contributed by atoms with Crippen LogP contribution in [-0.4, -0.2) is 42.5 Å². The van der Waals surface area contributed by atoms with E-state index in [4.69, 9.17) is 18.9 Å². The van der Waals surface area contributed by atoms with Crippen LogP contribution >= 0.6 is 0 Å². The van der Waals surface area contributed by atoms with Crippen LogP contribution in [0.25, 0.3) is 0 Å². The Morgan fingerprint density at radius 2 is 1.38 bits per heavy atom. The average molecular weight is 302 g/mol. The number of hydrogen-bond donors (Lipinski definition) is 0. The summed E-state index contributed by atoms with van der Waals surface area (Å²) in [6, 6.07) is 0. The Morgan fingerprint density at radius 1 is 0.905 bits per heavy atom. The van der Waals surface area contributed by atoms with Gasteiger partial charge >= 0.3 is 17.9 Å². The first-order valence-corrected chi connectivity index (χ1v) is 6.93. The van der Waals surface area contributed by atoms with E-state index in [0.717, 1.165) is 0 Å². The lowest BCUT2D eigenvalue weighted by molar-refractivity contribution is -0.281. The number of esters is 3. The quantitative estimate of drug-likeness (QED) is 0.569. The maximum Gasteiger partial charge on any atom is 0.305 e. The van der Waals surface area contributed by atoms with Crippen molar-refractivity contribution in [2.75, 3.05) is 0 Å². The summed E-state index contributed by atoms with van der Waals surface area (Å²) in [7, 11) is 0. The molecular formula is C14H22O7. The summed E-state index contributed by atoms with van der Waals surface area (Å²) >= 11 is 0. The van der Waals surface area contributed by atoms with Crippen LogP contribution in [0.15, 0.2) is 0 Å². The molecule has 0 spiro atoms. The summed E-state index contributed by atoms with van der Waals surface area (Å²) in [5.74, 6) is -1.83. The third-order valence-electron chi connectivity index (χ3n) is 3.29. The van der Waals surface area contributed by atoms with Crippen LogP contribution in [0.5, 0.6) is 0 Å². The molecule has 120 valence electrons. The fourth-order valence-corrected chi connectivity index (χ4v) is 2.45. The zero-order chi connectivity index (χ0) is 16.2. The van der Waals surface area contributed by atoms with E-state index in [0.29, 0.717) is 6.42 Å². The second-order valence-corrected chi connectivity index (χ2v) is 5.07.